The van der Waals surface area contributed by atoms with Crippen LogP contribution in [0.25, 0.3) is 0 Å². The molecular formula is C26H43N3O. The molecule has 1 unspecified atom stereocenters. The molecule has 2 fully saturated rings. The second-order valence-electron chi connectivity index (χ2n) is 9.58. The van der Waals surface area contributed by atoms with Gasteiger partial charge in [-0.05, 0) is 113 Å². The fraction of sp³-hybridized carbons (Fsp3) is 0.769. The first-order valence-electron chi connectivity index (χ1n) is 12.7. The van der Waals surface area contributed by atoms with Gasteiger partial charge >= 0.3 is 0 Å². The molecule has 1 aliphatic carbocycles. The van der Waals surface area contributed by atoms with Crippen LogP contribution in [-0.2, 0) is 19.4 Å². The number of hydrogen-bond donors (Lipinski definition) is 0. The summed E-state index contributed by atoms with van der Waals surface area (Å²) in [5.74, 6) is 1.12. The van der Waals surface area contributed by atoms with Crippen LogP contribution in [0.4, 0.5) is 0 Å². The minimum absolute atomic E-state index is 0.759. The van der Waals surface area contributed by atoms with E-state index in [0.29, 0.717) is 0 Å². The van der Waals surface area contributed by atoms with E-state index < -0.39 is 0 Å². The molecule has 2 aliphatic heterocycles. The first-order valence-corrected chi connectivity index (χ1v) is 12.7. The summed E-state index contributed by atoms with van der Waals surface area (Å²) >= 11 is 0. The van der Waals surface area contributed by atoms with Gasteiger partial charge in [-0.15, -0.1) is 0 Å². The van der Waals surface area contributed by atoms with E-state index in [9.17, 15) is 0 Å². The maximum atomic E-state index is 6.30. The normalized spacial score (nSPS) is 22.7. The first kappa shape index (κ1) is 22.1. The Balaban J connectivity index is 1.28. The van der Waals surface area contributed by atoms with Crippen LogP contribution in [0.1, 0.15) is 69.1 Å². The Morgan fingerprint density at radius 2 is 1.77 bits per heavy atom. The summed E-state index contributed by atoms with van der Waals surface area (Å²) in [5, 5.41) is 0. The number of fused-ring (bicyclic) bond motifs is 1. The molecule has 168 valence electrons. The Bertz CT molecular complexity index is 666. The van der Waals surface area contributed by atoms with Gasteiger partial charge in [0.15, 0.2) is 0 Å². The highest BCUT2D eigenvalue weighted by Crippen LogP contribution is 2.31. The smallest absolute Gasteiger partial charge is 0.119 e. The Morgan fingerprint density at radius 3 is 2.57 bits per heavy atom. The summed E-state index contributed by atoms with van der Waals surface area (Å²) in [5.41, 5.74) is 4.75. The second kappa shape index (κ2) is 11.0. The van der Waals surface area contributed by atoms with Crippen LogP contribution in [-0.4, -0.2) is 73.2 Å². The first-order chi connectivity index (χ1) is 14.8. The summed E-state index contributed by atoms with van der Waals surface area (Å²) in [6.07, 6.45) is 10.4. The van der Waals surface area contributed by atoms with E-state index in [2.05, 4.69) is 40.7 Å². The molecule has 2 heterocycles. The maximum Gasteiger partial charge on any atom is 0.119 e. The zero-order chi connectivity index (χ0) is 20.8. The monoisotopic (exact) mass is 413 g/mol. The third-order valence-corrected chi connectivity index (χ3v) is 7.59. The standard InChI is InChI=1S/C26H43N3O/c1-3-29(4-2)24-12-16-28(21-24)15-9-17-30-25-18-22-10-5-6-11-26(22)23(19-25)20-27-13-7-8-14-27/h18-19,24H,3-17,20-21H2,1-2H3. The van der Waals surface area contributed by atoms with Crippen molar-refractivity contribution in [2.45, 2.75) is 77.8 Å². The van der Waals surface area contributed by atoms with Crippen molar-refractivity contribution in [2.75, 3.05) is 52.4 Å². The van der Waals surface area contributed by atoms with E-state index in [1.165, 1.54) is 90.8 Å². The largest absolute Gasteiger partial charge is 0.494 e. The van der Waals surface area contributed by atoms with Crippen LogP contribution < -0.4 is 4.74 Å². The Labute approximate surface area is 184 Å². The van der Waals surface area contributed by atoms with Crippen molar-refractivity contribution >= 4 is 0 Å². The molecule has 0 aromatic heterocycles. The van der Waals surface area contributed by atoms with Gasteiger partial charge in [-0.25, -0.2) is 0 Å². The van der Waals surface area contributed by atoms with Crippen LogP contribution in [0, 0.1) is 0 Å². The molecule has 4 heteroatoms. The van der Waals surface area contributed by atoms with Crippen LogP contribution in [0.2, 0.25) is 0 Å². The summed E-state index contributed by atoms with van der Waals surface area (Å²) in [6, 6.07) is 5.48. The second-order valence-corrected chi connectivity index (χ2v) is 9.58. The van der Waals surface area contributed by atoms with Crippen LogP contribution in [0.3, 0.4) is 0 Å². The lowest BCUT2D eigenvalue weighted by Gasteiger charge is -2.26. The molecule has 0 N–H and O–H groups in total. The van der Waals surface area contributed by atoms with Gasteiger partial charge in [-0.1, -0.05) is 13.8 Å². The van der Waals surface area contributed by atoms with Crippen molar-refractivity contribution in [3.63, 3.8) is 0 Å². The highest BCUT2D eigenvalue weighted by Gasteiger charge is 2.25. The minimum atomic E-state index is 0.759. The molecule has 0 saturated carbocycles. The van der Waals surface area contributed by atoms with Crippen LogP contribution in [0.5, 0.6) is 5.75 Å². The third kappa shape index (κ3) is 5.57. The highest BCUT2D eigenvalue weighted by atomic mass is 16.5. The lowest BCUT2D eigenvalue weighted by atomic mass is 9.88. The number of aryl methyl sites for hydroxylation is 1. The predicted molar refractivity (Wildman–Crippen MR) is 125 cm³/mol. The molecule has 3 aliphatic rings. The average Bonchev–Trinajstić information content (AvgIpc) is 3.45. The highest BCUT2D eigenvalue weighted by molar-refractivity contribution is 5.43. The molecule has 0 radical (unpaired) electrons. The predicted octanol–water partition coefficient (Wildman–Crippen LogP) is 4.35. The van der Waals surface area contributed by atoms with E-state index in [1.54, 1.807) is 16.7 Å². The molecule has 30 heavy (non-hydrogen) atoms. The quantitative estimate of drug-likeness (QED) is 0.531. The lowest BCUT2D eigenvalue weighted by molar-refractivity contribution is 0.205. The molecule has 4 nitrogen and oxygen atoms in total. The summed E-state index contributed by atoms with van der Waals surface area (Å²) < 4.78 is 6.30. The van der Waals surface area contributed by atoms with E-state index in [4.69, 9.17) is 4.74 Å². The van der Waals surface area contributed by atoms with Gasteiger partial charge in [-0.3, -0.25) is 9.80 Å². The SMILES string of the molecule is CCN(CC)C1CCN(CCCOc2cc3c(c(CN4CCCC4)c2)CCCC3)C1. The van der Waals surface area contributed by atoms with Crippen molar-refractivity contribution in [3.8, 4) is 5.75 Å². The molecule has 0 spiro atoms. The molecular weight excluding hydrogens is 370 g/mol. The minimum Gasteiger partial charge on any atom is -0.494 e. The number of likely N-dealkylation sites (tertiary alicyclic amines) is 2. The topological polar surface area (TPSA) is 19.0 Å². The Kier molecular flexibility index (Phi) is 8.08. The molecule has 2 saturated heterocycles. The fourth-order valence-electron chi connectivity index (χ4n) is 5.86. The van der Waals surface area contributed by atoms with Gasteiger partial charge in [0.2, 0.25) is 0 Å². The van der Waals surface area contributed by atoms with Crippen molar-refractivity contribution in [3.05, 3.63) is 28.8 Å². The molecule has 1 atom stereocenters. The van der Waals surface area contributed by atoms with Crippen molar-refractivity contribution in [2.24, 2.45) is 0 Å². The summed E-state index contributed by atoms with van der Waals surface area (Å²) in [7, 11) is 0. The van der Waals surface area contributed by atoms with Crippen LogP contribution in [0.15, 0.2) is 12.1 Å². The summed E-state index contributed by atoms with van der Waals surface area (Å²) in [4.78, 5) is 7.89. The van der Waals surface area contributed by atoms with E-state index >= 15 is 0 Å². The van der Waals surface area contributed by atoms with Crippen molar-refractivity contribution in [1.82, 2.24) is 14.7 Å². The number of rotatable bonds is 10. The summed E-state index contributed by atoms with van der Waals surface area (Å²) in [6.45, 7) is 15.1. The van der Waals surface area contributed by atoms with E-state index in [0.717, 1.165) is 31.4 Å². The molecule has 0 bridgehead atoms. The molecule has 1 aromatic carbocycles. The van der Waals surface area contributed by atoms with Crippen molar-refractivity contribution in [1.29, 1.82) is 0 Å². The maximum absolute atomic E-state index is 6.30. The Hall–Kier alpha value is -1.10. The lowest BCUT2D eigenvalue weighted by Crippen LogP contribution is -2.37. The average molecular weight is 414 g/mol. The van der Waals surface area contributed by atoms with Gasteiger partial charge in [0.1, 0.15) is 5.75 Å². The van der Waals surface area contributed by atoms with Gasteiger partial charge in [0, 0.05) is 25.7 Å². The van der Waals surface area contributed by atoms with E-state index in [1.807, 2.05) is 0 Å². The number of hydrogen-bond acceptors (Lipinski definition) is 4. The number of ether oxygens (including phenoxy) is 1. The molecule has 4 rings (SSSR count). The number of likely N-dealkylation sites (N-methyl/N-ethyl adjacent to an activating group) is 1. The van der Waals surface area contributed by atoms with Crippen molar-refractivity contribution < 1.29 is 4.74 Å². The zero-order valence-corrected chi connectivity index (χ0v) is 19.5. The zero-order valence-electron chi connectivity index (χ0n) is 19.5. The van der Waals surface area contributed by atoms with Gasteiger partial charge in [0.25, 0.3) is 0 Å². The van der Waals surface area contributed by atoms with Gasteiger partial charge < -0.3 is 9.64 Å². The van der Waals surface area contributed by atoms with Gasteiger partial charge in [0.05, 0.1) is 6.61 Å². The number of benzene rings is 1. The molecule has 1 aromatic rings. The fourth-order valence-corrected chi connectivity index (χ4v) is 5.86. The Morgan fingerprint density at radius 1 is 0.967 bits per heavy atom. The van der Waals surface area contributed by atoms with E-state index in [-0.39, 0.29) is 0 Å². The number of nitrogens with zero attached hydrogens (tertiary/aromatic N) is 3. The van der Waals surface area contributed by atoms with Gasteiger partial charge in [-0.2, -0.15) is 0 Å². The van der Waals surface area contributed by atoms with Crippen LogP contribution >= 0.6 is 0 Å². The third-order valence-electron chi connectivity index (χ3n) is 7.59. The molecule has 0 amide bonds.